The van der Waals surface area contributed by atoms with E-state index in [1.54, 1.807) is 12.1 Å². The molecule has 1 aliphatic rings. The first-order chi connectivity index (χ1) is 11.0. The second kappa shape index (κ2) is 6.66. The smallest absolute Gasteiger partial charge is 0.166 e. The van der Waals surface area contributed by atoms with E-state index in [1.807, 2.05) is 31.2 Å². The fourth-order valence-corrected chi connectivity index (χ4v) is 3.39. The third-order valence-corrected chi connectivity index (χ3v) is 5.00. The Bertz CT molecular complexity index is 694. The zero-order valence-corrected chi connectivity index (χ0v) is 13.8. The van der Waals surface area contributed by atoms with Crippen LogP contribution in [0.4, 0.5) is 4.39 Å². The van der Waals surface area contributed by atoms with E-state index >= 15 is 0 Å². The number of aryl methyl sites for hydroxylation is 1. The van der Waals surface area contributed by atoms with E-state index in [2.05, 4.69) is 6.92 Å². The van der Waals surface area contributed by atoms with Crippen molar-refractivity contribution < 1.29 is 9.18 Å². The second-order valence-electron chi connectivity index (χ2n) is 6.88. The molecule has 3 rings (SSSR count). The molecule has 0 N–H and O–H groups in total. The van der Waals surface area contributed by atoms with Crippen molar-refractivity contribution in [3.63, 3.8) is 0 Å². The molecule has 2 heteroatoms. The summed E-state index contributed by atoms with van der Waals surface area (Å²) in [6.45, 7) is 4.24. The number of rotatable bonds is 3. The summed E-state index contributed by atoms with van der Waals surface area (Å²) in [6.07, 6.45) is 4.06. The van der Waals surface area contributed by atoms with E-state index in [4.69, 9.17) is 0 Å². The third kappa shape index (κ3) is 3.52. The molecule has 0 spiro atoms. The van der Waals surface area contributed by atoms with Gasteiger partial charge in [0.05, 0.1) is 0 Å². The van der Waals surface area contributed by atoms with Crippen molar-refractivity contribution >= 4 is 5.78 Å². The summed E-state index contributed by atoms with van der Waals surface area (Å²) in [5.41, 5.74) is 3.06. The molecule has 2 aromatic rings. The highest BCUT2D eigenvalue weighted by Crippen LogP contribution is 2.32. The van der Waals surface area contributed by atoms with Crippen LogP contribution in [0.1, 0.15) is 48.5 Å². The first-order valence-electron chi connectivity index (χ1n) is 8.45. The molecule has 0 heterocycles. The number of carbonyl (C=O) groups is 1. The standard InChI is InChI=1S/C21H23FO/c1-14-3-7-16(8-4-14)19-12-11-18(13-20(19)22)21(23)17-9-5-15(2)6-10-17/h3-4,7-8,11-13,15,17H,5-6,9-10H2,1-2H3. The fourth-order valence-electron chi connectivity index (χ4n) is 3.39. The quantitative estimate of drug-likeness (QED) is 0.654. The number of halogens is 1. The maximum absolute atomic E-state index is 14.5. The Morgan fingerprint density at radius 3 is 2.26 bits per heavy atom. The largest absolute Gasteiger partial charge is 0.294 e. The average Bonchev–Trinajstić information content (AvgIpc) is 2.56. The summed E-state index contributed by atoms with van der Waals surface area (Å²) in [4.78, 5) is 12.6. The van der Waals surface area contributed by atoms with E-state index in [0.717, 1.165) is 36.8 Å². The summed E-state index contributed by atoms with van der Waals surface area (Å²) in [7, 11) is 0. The van der Waals surface area contributed by atoms with Crippen LogP contribution < -0.4 is 0 Å². The Kier molecular flexibility index (Phi) is 4.61. The van der Waals surface area contributed by atoms with Gasteiger partial charge < -0.3 is 0 Å². The molecule has 1 fully saturated rings. The first kappa shape index (κ1) is 15.9. The lowest BCUT2D eigenvalue weighted by atomic mass is 9.79. The molecule has 23 heavy (non-hydrogen) atoms. The number of ketones is 1. The molecular weight excluding hydrogens is 287 g/mol. The Hall–Kier alpha value is -1.96. The maximum Gasteiger partial charge on any atom is 0.166 e. The predicted molar refractivity (Wildman–Crippen MR) is 92.0 cm³/mol. The van der Waals surface area contributed by atoms with Gasteiger partial charge in [0.2, 0.25) is 0 Å². The third-order valence-electron chi connectivity index (χ3n) is 5.00. The zero-order valence-electron chi connectivity index (χ0n) is 13.8. The minimum absolute atomic E-state index is 0.0656. The SMILES string of the molecule is Cc1ccc(-c2ccc(C(=O)C3CCC(C)CC3)cc2F)cc1. The molecule has 0 amide bonds. The summed E-state index contributed by atoms with van der Waals surface area (Å²) in [5, 5.41) is 0. The minimum Gasteiger partial charge on any atom is -0.294 e. The lowest BCUT2D eigenvalue weighted by Crippen LogP contribution is -2.21. The summed E-state index contributed by atoms with van der Waals surface area (Å²) < 4.78 is 14.5. The van der Waals surface area contributed by atoms with Gasteiger partial charge in [-0.3, -0.25) is 4.79 Å². The Labute approximate surface area is 137 Å². The van der Waals surface area contributed by atoms with Gasteiger partial charge in [-0.15, -0.1) is 0 Å². The summed E-state index contributed by atoms with van der Waals surface area (Å²) in [6, 6.07) is 12.7. The zero-order chi connectivity index (χ0) is 16.4. The van der Waals surface area contributed by atoms with Gasteiger partial charge in [-0.25, -0.2) is 4.39 Å². The van der Waals surface area contributed by atoms with Gasteiger partial charge in [-0.1, -0.05) is 61.7 Å². The van der Waals surface area contributed by atoms with Crippen LogP contribution in [-0.2, 0) is 0 Å². The molecule has 0 atom stereocenters. The molecule has 0 bridgehead atoms. The number of benzene rings is 2. The Morgan fingerprint density at radius 2 is 1.65 bits per heavy atom. The van der Waals surface area contributed by atoms with Gasteiger partial charge in [-0.05, 0) is 37.3 Å². The molecule has 1 saturated carbocycles. The summed E-state index contributed by atoms with van der Waals surface area (Å²) in [5.74, 6) is 0.561. The normalized spacial score (nSPS) is 21.2. The van der Waals surface area contributed by atoms with Crippen LogP contribution >= 0.6 is 0 Å². The molecule has 0 aliphatic heterocycles. The molecule has 0 radical (unpaired) electrons. The van der Waals surface area contributed by atoms with Crippen LogP contribution in [-0.4, -0.2) is 5.78 Å². The Balaban J connectivity index is 1.81. The van der Waals surface area contributed by atoms with Gasteiger partial charge in [0, 0.05) is 17.0 Å². The number of hydrogen-bond acceptors (Lipinski definition) is 1. The van der Waals surface area contributed by atoms with Crippen molar-refractivity contribution in [1.82, 2.24) is 0 Å². The summed E-state index contributed by atoms with van der Waals surface area (Å²) >= 11 is 0. The minimum atomic E-state index is -0.316. The van der Waals surface area contributed by atoms with Crippen molar-refractivity contribution in [1.29, 1.82) is 0 Å². The highest BCUT2D eigenvalue weighted by atomic mass is 19.1. The van der Waals surface area contributed by atoms with E-state index in [-0.39, 0.29) is 17.5 Å². The lowest BCUT2D eigenvalue weighted by Gasteiger charge is -2.25. The lowest BCUT2D eigenvalue weighted by molar-refractivity contribution is 0.0875. The Morgan fingerprint density at radius 1 is 1.00 bits per heavy atom. The van der Waals surface area contributed by atoms with Crippen molar-refractivity contribution in [2.24, 2.45) is 11.8 Å². The molecule has 0 unspecified atom stereocenters. The van der Waals surface area contributed by atoms with Gasteiger partial charge in [0.25, 0.3) is 0 Å². The van der Waals surface area contributed by atoms with Crippen LogP contribution in [0.25, 0.3) is 11.1 Å². The van der Waals surface area contributed by atoms with Crippen molar-refractivity contribution in [3.8, 4) is 11.1 Å². The number of hydrogen-bond donors (Lipinski definition) is 0. The van der Waals surface area contributed by atoms with Gasteiger partial charge in [0.15, 0.2) is 5.78 Å². The highest BCUT2D eigenvalue weighted by molar-refractivity contribution is 5.98. The molecule has 1 nitrogen and oxygen atoms in total. The van der Waals surface area contributed by atoms with E-state index < -0.39 is 0 Å². The molecule has 120 valence electrons. The van der Waals surface area contributed by atoms with Crippen molar-refractivity contribution in [2.45, 2.75) is 39.5 Å². The molecule has 2 aromatic carbocycles. The van der Waals surface area contributed by atoms with E-state index in [9.17, 15) is 9.18 Å². The molecular formula is C21H23FO. The second-order valence-corrected chi connectivity index (χ2v) is 6.88. The van der Waals surface area contributed by atoms with Crippen LogP contribution in [0.5, 0.6) is 0 Å². The number of carbonyl (C=O) groups excluding carboxylic acids is 1. The fraction of sp³-hybridized carbons (Fsp3) is 0.381. The molecule has 0 saturated heterocycles. The highest BCUT2D eigenvalue weighted by Gasteiger charge is 2.25. The van der Waals surface area contributed by atoms with Crippen LogP contribution in [0, 0.1) is 24.6 Å². The molecule has 1 aliphatic carbocycles. The van der Waals surface area contributed by atoms with Crippen LogP contribution in [0.2, 0.25) is 0 Å². The van der Waals surface area contributed by atoms with E-state index in [1.165, 1.54) is 6.07 Å². The van der Waals surface area contributed by atoms with Crippen molar-refractivity contribution in [3.05, 3.63) is 59.4 Å². The number of Topliss-reactive ketones (excluding diaryl/α,β-unsaturated/α-hetero) is 1. The monoisotopic (exact) mass is 310 g/mol. The average molecular weight is 310 g/mol. The predicted octanol–water partition coefficient (Wildman–Crippen LogP) is 5.81. The van der Waals surface area contributed by atoms with E-state index in [0.29, 0.717) is 17.0 Å². The maximum atomic E-state index is 14.5. The van der Waals surface area contributed by atoms with Crippen LogP contribution in [0.15, 0.2) is 42.5 Å². The first-order valence-corrected chi connectivity index (χ1v) is 8.45. The molecule has 0 aromatic heterocycles. The van der Waals surface area contributed by atoms with Crippen LogP contribution in [0.3, 0.4) is 0 Å². The van der Waals surface area contributed by atoms with Gasteiger partial charge in [0.1, 0.15) is 5.82 Å². The van der Waals surface area contributed by atoms with Gasteiger partial charge >= 0.3 is 0 Å². The van der Waals surface area contributed by atoms with Gasteiger partial charge in [-0.2, -0.15) is 0 Å². The van der Waals surface area contributed by atoms with Crippen molar-refractivity contribution in [2.75, 3.05) is 0 Å². The topological polar surface area (TPSA) is 17.1 Å².